The molecule has 0 aliphatic heterocycles. The fourth-order valence-electron chi connectivity index (χ4n) is 1.97. The average Bonchev–Trinajstić information content (AvgIpc) is 2.58. The van der Waals surface area contributed by atoms with E-state index in [2.05, 4.69) is 21.9 Å². The van der Waals surface area contributed by atoms with Crippen molar-refractivity contribution < 1.29 is 9.47 Å². The number of nitrogens with one attached hydrogen (secondary N) is 2. The third-order valence-corrected chi connectivity index (χ3v) is 3.94. The Hall–Kier alpha value is -1.56. The summed E-state index contributed by atoms with van der Waals surface area (Å²) in [6, 6.07) is 7.61. The molecule has 1 aromatic carbocycles. The Morgan fingerprint density at radius 1 is 1.17 bits per heavy atom. The summed E-state index contributed by atoms with van der Waals surface area (Å²) in [6.45, 7) is 3.66. The summed E-state index contributed by atoms with van der Waals surface area (Å²) in [4.78, 5) is 4.22. The maximum absolute atomic E-state index is 5.86. The van der Waals surface area contributed by atoms with Crippen LogP contribution in [0.1, 0.15) is 19.8 Å². The molecule has 1 unspecified atom stereocenters. The Kier molecular flexibility index (Phi) is 10.1. The quantitative estimate of drug-likeness (QED) is 0.390. The van der Waals surface area contributed by atoms with Crippen LogP contribution in [-0.4, -0.2) is 51.3 Å². The molecule has 2 N–H and O–H groups in total. The molecule has 1 rings (SSSR count). The van der Waals surface area contributed by atoms with E-state index in [0.29, 0.717) is 6.54 Å². The normalized spacial score (nSPS) is 12.6. The molecule has 0 aromatic heterocycles. The van der Waals surface area contributed by atoms with Crippen molar-refractivity contribution in [2.45, 2.75) is 25.9 Å². The van der Waals surface area contributed by atoms with Crippen molar-refractivity contribution in [1.82, 2.24) is 10.6 Å². The van der Waals surface area contributed by atoms with Gasteiger partial charge in [-0.1, -0.05) is 0 Å². The molecule has 0 heterocycles. The SMILES string of the molecule is CN=C(NCCCCSC)NCC(C)Oc1ccc(OC)cc1. The number of benzene rings is 1. The van der Waals surface area contributed by atoms with Gasteiger partial charge >= 0.3 is 0 Å². The Bertz CT molecular complexity index is 452. The van der Waals surface area contributed by atoms with E-state index in [9.17, 15) is 0 Å². The van der Waals surface area contributed by atoms with Gasteiger partial charge in [0.25, 0.3) is 0 Å². The monoisotopic (exact) mass is 339 g/mol. The summed E-state index contributed by atoms with van der Waals surface area (Å²) in [6.07, 6.45) is 4.55. The molecule has 1 aromatic rings. The van der Waals surface area contributed by atoms with Crippen molar-refractivity contribution in [1.29, 1.82) is 0 Å². The van der Waals surface area contributed by atoms with Gasteiger partial charge in [0.2, 0.25) is 0 Å². The van der Waals surface area contributed by atoms with E-state index >= 15 is 0 Å². The number of hydrogen-bond acceptors (Lipinski definition) is 4. The topological polar surface area (TPSA) is 54.9 Å². The van der Waals surface area contributed by atoms with E-state index in [1.807, 2.05) is 43.0 Å². The molecule has 6 heteroatoms. The molecule has 0 aliphatic carbocycles. The van der Waals surface area contributed by atoms with Crippen LogP contribution in [0.5, 0.6) is 11.5 Å². The molecular weight excluding hydrogens is 310 g/mol. The standard InChI is InChI=1S/C17H29N3O2S/c1-14(22-16-9-7-15(21-3)8-10-16)13-20-17(18-2)19-11-5-6-12-23-4/h7-10,14H,5-6,11-13H2,1-4H3,(H2,18,19,20). The Balaban J connectivity index is 2.25. The third kappa shape index (κ3) is 8.59. The Morgan fingerprint density at radius 2 is 1.87 bits per heavy atom. The summed E-state index contributed by atoms with van der Waals surface area (Å²) in [7, 11) is 3.44. The van der Waals surface area contributed by atoms with E-state index in [0.717, 1.165) is 30.4 Å². The molecule has 1 atom stereocenters. The van der Waals surface area contributed by atoms with Crippen LogP contribution < -0.4 is 20.1 Å². The molecule has 0 saturated carbocycles. The van der Waals surface area contributed by atoms with Crippen molar-refractivity contribution in [3.05, 3.63) is 24.3 Å². The van der Waals surface area contributed by atoms with Crippen LogP contribution in [0, 0.1) is 0 Å². The summed E-state index contributed by atoms with van der Waals surface area (Å²) >= 11 is 1.89. The van der Waals surface area contributed by atoms with Crippen molar-refractivity contribution in [2.75, 3.05) is 39.3 Å². The van der Waals surface area contributed by atoms with Crippen LogP contribution in [0.25, 0.3) is 0 Å². The lowest BCUT2D eigenvalue weighted by molar-refractivity contribution is 0.223. The highest BCUT2D eigenvalue weighted by Crippen LogP contribution is 2.17. The van der Waals surface area contributed by atoms with Crippen molar-refractivity contribution in [3.63, 3.8) is 0 Å². The first-order chi connectivity index (χ1) is 11.2. The molecular formula is C17H29N3O2S. The highest BCUT2D eigenvalue weighted by atomic mass is 32.2. The molecule has 0 fully saturated rings. The molecule has 0 spiro atoms. The van der Waals surface area contributed by atoms with Crippen molar-refractivity contribution in [2.24, 2.45) is 4.99 Å². The molecule has 0 amide bonds. The zero-order valence-electron chi connectivity index (χ0n) is 14.6. The maximum atomic E-state index is 5.86. The maximum Gasteiger partial charge on any atom is 0.191 e. The van der Waals surface area contributed by atoms with Crippen LogP contribution in [0.3, 0.4) is 0 Å². The number of aliphatic imine (C=N–C) groups is 1. The second-order valence-electron chi connectivity index (χ2n) is 5.18. The number of unbranched alkanes of at least 4 members (excludes halogenated alkanes) is 1. The highest BCUT2D eigenvalue weighted by molar-refractivity contribution is 7.98. The average molecular weight is 340 g/mol. The number of hydrogen-bond donors (Lipinski definition) is 2. The van der Waals surface area contributed by atoms with Crippen LogP contribution in [-0.2, 0) is 0 Å². The molecule has 0 aliphatic rings. The van der Waals surface area contributed by atoms with Gasteiger partial charge < -0.3 is 20.1 Å². The summed E-state index contributed by atoms with van der Waals surface area (Å²) in [5, 5.41) is 6.61. The number of nitrogens with zero attached hydrogens (tertiary/aromatic N) is 1. The third-order valence-electron chi connectivity index (χ3n) is 3.24. The molecule has 5 nitrogen and oxygen atoms in total. The van der Waals surface area contributed by atoms with Crippen molar-refractivity contribution >= 4 is 17.7 Å². The van der Waals surface area contributed by atoms with Gasteiger partial charge in [0, 0.05) is 13.6 Å². The fourth-order valence-corrected chi connectivity index (χ4v) is 2.46. The highest BCUT2D eigenvalue weighted by Gasteiger charge is 2.06. The minimum Gasteiger partial charge on any atom is -0.497 e. The first kappa shape index (κ1) is 19.5. The molecule has 23 heavy (non-hydrogen) atoms. The first-order valence-electron chi connectivity index (χ1n) is 7.93. The van der Waals surface area contributed by atoms with E-state index in [1.54, 1.807) is 14.2 Å². The van der Waals surface area contributed by atoms with E-state index in [-0.39, 0.29) is 6.10 Å². The smallest absolute Gasteiger partial charge is 0.191 e. The van der Waals surface area contributed by atoms with Gasteiger partial charge in [0.1, 0.15) is 17.6 Å². The van der Waals surface area contributed by atoms with Gasteiger partial charge in [-0.2, -0.15) is 11.8 Å². The molecule has 0 bridgehead atoms. The summed E-state index contributed by atoms with van der Waals surface area (Å²) < 4.78 is 11.0. The van der Waals surface area contributed by atoms with Crippen LogP contribution >= 0.6 is 11.8 Å². The summed E-state index contributed by atoms with van der Waals surface area (Å²) in [5.74, 6) is 3.69. The van der Waals surface area contributed by atoms with Gasteiger partial charge in [-0.25, -0.2) is 0 Å². The number of thioether (sulfide) groups is 1. The van der Waals surface area contributed by atoms with Gasteiger partial charge in [-0.15, -0.1) is 0 Å². The first-order valence-corrected chi connectivity index (χ1v) is 9.33. The molecule has 0 radical (unpaired) electrons. The Labute approximate surface area is 144 Å². The lowest BCUT2D eigenvalue weighted by Crippen LogP contribution is -2.42. The van der Waals surface area contributed by atoms with Gasteiger partial charge in [0.05, 0.1) is 13.7 Å². The van der Waals surface area contributed by atoms with Crippen molar-refractivity contribution in [3.8, 4) is 11.5 Å². The van der Waals surface area contributed by atoms with Gasteiger partial charge in [0.15, 0.2) is 5.96 Å². The number of ether oxygens (including phenoxy) is 2. The van der Waals surface area contributed by atoms with E-state index < -0.39 is 0 Å². The zero-order valence-corrected chi connectivity index (χ0v) is 15.4. The Morgan fingerprint density at radius 3 is 2.48 bits per heavy atom. The predicted molar refractivity (Wildman–Crippen MR) is 100 cm³/mol. The number of methoxy groups -OCH3 is 1. The van der Waals surface area contributed by atoms with E-state index in [4.69, 9.17) is 9.47 Å². The predicted octanol–water partition coefficient (Wildman–Crippen LogP) is 2.77. The largest absolute Gasteiger partial charge is 0.497 e. The lowest BCUT2D eigenvalue weighted by atomic mass is 10.3. The zero-order chi connectivity index (χ0) is 16.9. The van der Waals surface area contributed by atoms with Crippen LogP contribution in [0.2, 0.25) is 0 Å². The van der Waals surface area contributed by atoms with Crippen LogP contribution in [0.15, 0.2) is 29.3 Å². The van der Waals surface area contributed by atoms with Gasteiger partial charge in [-0.05, 0) is 56.0 Å². The van der Waals surface area contributed by atoms with E-state index in [1.165, 1.54) is 12.2 Å². The number of rotatable bonds is 10. The molecule has 130 valence electrons. The molecule has 0 saturated heterocycles. The second kappa shape index (κ2) is 11.9. The second-order valence-corrected chi connectivity index (χ2v) is 6.17. The van der Waals surface area contributed by atoms with Gasteiger partial charge in [-0.3, -0.25) is 4.99 Å². The summed E-state index contributed by atoms with van der Waals surface area (Å²) in [5.41, 5.74) is 0. The minimum absolute atomic E-state index is 0.0402. The number of guanidine groups is 1. The fraction of sp³-hybridized carbons (Fsp3) is 0.588. The lowest BCUT2D eigenvalue weighted by Gasteiger charge is -2.18. The van der Waals surface area contributed by atoms with Crippen LogP contribution in [0.4, 0.5) is 0 Å². The minimum atomic E-state index is 0.0402.